The van der Waals surface area contributed by atoms with Crippen molar-refractivity contribution < 1.29 is 28.5 Å². The number of aromatic nitrogens is 4. The van der Waals surface area contributed by atoms with E-state index in [-0.39, 0.29) is 47.5 Å². The standard InChI is InChI=1S/C42H44N6O8S2/c1-53-33-15-13-27(23-35(33)55-3)17-19-43-37(49)25-57-41-45-31-11-7-5-9-29(31)39(51)47(41)21-22-48-40(52)30-10-6-8-12-32(30)46-42(48)58-26-38(50)44-20-18-28-14-16-34(54-2)36(24-28)56-4/h5-16,23-24H,17-22,25-26H2,1-4H3,(H,43,49)(H,44,50). The summed E-state index contributed by atoms with van der Waals surface area (Å²) in [7, 11) is 6.29. The molecule has 0 saturated heterocycles. The number of amides is 2. The molecule has 302 valence electrons. The molecule has 58 heavy (non-hydrogen) atoms. The molecule has 2 amide bonds. The second kappa shape index (κ2) is 19.9. The van der Waals surface area contributed by atoms with E-state index in [2.05, 4.69) is 10.6 Å². The predicted molar refractivity (Wildman–Crippen MR) is 226 cm³/mol. The first kappa shape index (κ1) is 41.6. The van der Waals surface area contributed by atoms with Gasteiger partial charge in [-0.1, -0.05) is 59.9 Å². The normalized spacial score (nSPS) is 11.0. The minimum absolute atomic E-state index is 0.0103. The number of fused-ring (bicyclic) bond motifs is 2. The monoisotopic (exact) mass is 824 g/mol. The molecule has 0 atom stereocenters. The summed E-state index contributed by atoms with van der Waals surface area (Å²) in [6, 6.07) is 25.2. The summed E-state index contributed by atoms with van der Waals surface area (Å²) in [5.41, 5.74) is 2.34. The Morgan fingerprint density at radius 1 is 0.569 bits per heavy atom. The van der Waals surface area contributed by atoms with Crippen molar-refractivity contribution in [3.05, 3.63) is 117 Å². The fourth-order valence-corrected chi connectivity index (χ4v) is 7.95. The topological polar surface area (TPSA) is 165 Å². The van der Waals surface area contributed by atoms with Crippen LogP contribution >= 0.6 is 23.5 Å². The largest absolute Gasteiger partial charge is 0.493 e. The Morgan fingerprint density at radius 3 is 1.36 bits per heavy atom. The maximum absolute atomic E-state index is 13.9. The van der Waals surface area contributed by atoms with Gasteiger partial charge in [-0.3, -0.25) is 28.3 Å². The molecule has 0 aliphatic carbocycles. The summed E-state index contributed by atoms with van der Waals surface area (Å²) in [6.45, 7) is 0.901. The zero-order valence-electron chi connectivity index (χ0n) is 32.6. The quantitative estimate of drug-likeness (QED) is 0.0853. The highest BCUT2D eigenvalue weighted by molar-refractivity contribution is 8.00. The summed E-state index contributed by atoms with van der Waals surface area (Å²) in [4.78, 5) is 63.4. The minimum atomic E-state index is -0.299. The lowest BCUT2D eigenvalue weighted by atomic mass is 10.1. The van der Waals surface area contributed by atoms with Crippen molar-refractivity contribution in [1.29, 1.82) is 0 Å². The van der Waals surface area contributed by atoms with Crippen molar-refractivity contribution in [3.8, 4) is 23.0 Å². The maximum atomic E-state index is 13.9. The van der Waals surface area contributed by atoms with E-state index in [0.717, 1.165) is 34.7 Å². The second-order valence-corrected chi connectivity index (χ2v) is 14.8. The first-order valence-corrected chi connectivity index (χ1v) is 20.4. The molecule has 4 aromatic carbocycles. The molecular formula is C42H44N6O8S2. The van der Waals surface area contributed by atoms with Crippen molar-refractivity contribution in [1.82, 2.24) is 29.7 Å². The first-order valence-electron chi connectivity index (χ1n) is 18.4. The number of nitrogens with one attached hydrogen (secondary N) is 2. The van der Waals surface area contributed by atoms with Crippen LogP contribution < -0.4 is 40.7 Å². The number of hydrogen-bond donors (Lipinski definition) is 2. The van der Waals surface area contributed by atoms with Gasteiger partial charge in [-0.25, -0.2) is 9.97 Å². The Labute approximate surface area is 343 Å². The van der Waals surface area contributed by atoms with Crippen LogP contribution in [0.5, 0.6) is 23.0 Å². The highest BCUT2D eigenvalue weighted by Crippen LogP contribution is 2.29. The number of carbonyl (C=O) groups excluding carboxylic acids is 2. The molecule has 0 spiro atoms. The fourth-order valence-electron chi connectivity index (χ4n) is 6.24. The van der Waals surface area contributed by atoms with Crippen molar-refractivity contribution in [2.24, 2.45) is 0 Å². The van der Waals surface area contributed by atoms with Gasteiger partial charge in [-0.15, -0.1) is 0 Å². The lowest BCUT2D eigenvalue weighted by Crippen LogP contribution is -2.31. The van der Waals surface area contributed by atoms with Crippen molar-refractivity contribution in [2.45, 2.75) is 36.2 Å². The van der Waals surface area contributed by atoms with Crippen molar-refractivity contribution in [3.63, 3.8) is 0 Å². The zero-order chi connectivity index (χ0) is 41.0. The number of methoxy groups -OCH3 is 4. The molecule has 2 N–H and O–H groups in total. The molecular weight excluding hydrogens is 781 g/mol. The molecule has 2 heterocycles. The molecule has 0 aliphatic rings. The zero-order valence-corrected chi connectivity index (χ0v) is 34.2. The third-order valence-corrected chi connectivity index (χ3v) is 11.2. The molecule has 14 nitrogen and oxygen atoms in total. The van der Waals surface area contributed by atoms with Gasteiger partial charge in [0.2, 0.25) is 11.8 Å². The second-order valence-electron chi connectivity index (χ2n) is 12.9. The number of ether oxygens (including phenoxy) is 4. The Balaban J connectivity index is 1.15. The smallest absolute Gasteiger partial charge is 0.262 e. The fraction of sp³-hybridized carbons (Fsp3) is 0.286. The van der Waals surface area contributed by atoms with E-state index < -0.39 is 0 Å². The van der Waals surface area contributed by atoms with E-state index in [1.807, 2.05) is 36.4 Å². The number of rotatable bonds is 19. The van der Waals surface area contributed by atoms with Crippen LogP contribution in [-0.2, 0) is 35.5 Å². The van der Waals surface area contributed by atoms with E-state index in [9.17, 15) is 19.2 Å². The SMILES string of the molecule is COc1ccc(CCNC(=O)CSc2nc3ccccc3c(=O)n2CCn2c(SCC(=O)NCCc3ccc(OC)c(OC)c3)nc3ccccc3c2=O)cc1OC. The van der Waals surface area contributed by atoms with Gasteiger partial charge in [0.1, 0.15) is 0 Å². The molecule has 0 radical (unpaired) electrons. The molecule has 2 aromatic heterocycles. The van der Waals surface area contributed by atoms with E-state index in [1.165, 1.54) is 9.13 Å². The third-order valence-electron chi connectivity index (χ3n) is 9.23. The number of thioether (sulfide) groups is 2. The molecule has 0 fully saturated rings. The van der Waals surface area contributed by atoms with E-state index in [0.29, 0.717) is 81.0 Å². The van der Waals surface area contributed by atoms with E-state index in [4.69, 9.17) is 28.9 Å². The Kier molecular flexibility index (Phi) is 14.3. The number of benzene rings is 4. The van der Waals surface area contributed by atoms with Crippen LogP contribution in [0.3, 0.4) is 0 Å². The van der Waals surface area contributed by atoms with E-state index in [1.54, 1.807) is 77.0 Å². The van der Waals surface area contributed by atoms with Gasteiger partial charge in [0, 0.05) is 26.2 Å². The van der Waals surface area contributed by atoms with Gasteiger partial charge in [0.15, 0.2) is 33.3 Å². The highest BCUT2D eigenvalue weighted by atomic mass is 32.2. The Hall–Kier alpha value is -6.00. The van der Waals surface area contributed by atoms with Crippen LogP contribution in [0.2, 0.25) is 0 Å². The summed E-state index contributed by atoms with van der Waals surface area (Å²) < 4.78 is 24.4. The highest BCUT2D eigenvalue weighted by Gasteiger charge is 2.18. The number of nitrogens with zero attached hydrogens (tertiary/aromatic N) is 4. The third kappa shape index (κ3) is 10.1. The molecule has 0 saturated carbocycles. The van der Waals surface area contributed by atoms with Crippen molar-refractivity contribution in [2.75, 3.05) is 53.0 Å². The molecule has 0 bridgehead atoms. The lowest BCUT2D eigenvalue weighted by molar-refractivity contribution is -0.119. The molecule has 0 aliphatic heterocycles. The number of hydrogen-bond acceptors (Lipinski definition) is 12. The summed E-state index contributed by atoms with van der Waals surface area (Å²) in [6.07, 6.45) is 1.15. The Bertz CT molecular complexity index is 2370. The van der Waals surface area contributed by atoms with Crippen LogP contribution in [-0.4, -0.2) is 84.0 Å². The minimum Gasteiger partial charge on any atom is -0.493 e. The molecule has 0 unspecified atom stereocenters. The van der Waals surface area contributed by atoms with Crippen LogP contribution in [0, 0.1) is 0 Å². The number of carbonyl (C=O) groups is 2. The van der Waals surface area contributed by atoms with Crippen LogP contribution in [0.1, 0.15) is 11.1 Å². The predicted octanol–water partition coefficient (Wildman–Crippen LogP) is 4.74. The molecule has 6 rings (SSSR count). The van der Waals surface area contributed by atoms with Gasteiger partial charge in [-0.05, 0) is 72.5 Å². The van der Waals surface area contributed by atoms with Crippen LogP contribution in [0.4, 0.5) is 0 Å². The van der Waals surface area contributed by atoms with Crippen LogP contribution in [0.15, 0.2) is 105 Å². The average Bonchev–Trinajstić information content (AvgIpc) is 3.25. The van der Waals surface area contributed by atoms with E-state index >= 15 is 0 Å². The summed E-state index contributed by atoms with van der Waals surface area (Å²) >= 11 is 2.28. The van der Waals surface area contributed by atoms with Gasteiger partial charge >= 0.3 is 0 Å². The average molecular weight is 825 g/mol. The molecule has 6 aromatic rings. The summed E-state index contributed by atoms with van der Waals surface area (Å²) in [5.74, 6) is 2.04. The summed E-state index contributed by atoms with van der Waals surface area (Å²) in [5, 5.41) is 7.37. The first-order chi connectivity index (χ1) is 28.2. The lowest BCUT2D eigenvalue weighted by Gasteiger charge is -2.16. The number of para-hydroxylation sites is 2. The van der Waals surface area contributed by atoms with Gasteiger partial charge in [0.05, 0.1) is 61.8 Å². The maximum Gasteiger partial charge on any atom is 0.262 e. The van der Waals surface area contributed by atoms with Gasteiger partial charge < -0.3 is 29.6 Å². The molecule has 16 heteroatoms. The van der Waals surface area contributed by atoms with Gasteiger partial charge in [-0.2, -0.15) is 0 Å². The Morgan fingerprint density at radius 2 is 0.966 bits per heavy atom. The van der Waals surface area contributed by atoms with Gasteiger partial charge in [0.25, 0.3) is 11.1 Å². The van der Waals surface area contributed by atoms with Crippen molar-refractivity contribution >= 4 is 57.1 Å². The van der Waals surface area contributed by atoms with Crippen LogP contribution in [0.25, 0.3) is 21.8 Å².